The quantitative estimate of drug-likeness (QED) is 0.754. The van der Waals surface area contributed by atoms with Crippen molar-refractivity contribution in [1.29, 1.82) is 0 Å². The minimum atomic E-state index is 0.528. The standard InChI is InChI=1S/C14H17BrClN3S/c1-9(2)17-8-4-7-12-18-19-14(20-12)10-5-3-6-11(15)13(10)16/h3,5-6,9,17H,4,7-8H2,1-2H3. The molecular formula is C14H17BrClN3S. The summed E-state index contributed by atoms with van der Waals surface area (Å²) < 4.78 is 0.884. The number of halogens is 2. The summed E-state index contributed by atoms with van der Waals surface area (Å²) in [7, 11) is 0. The molecule has 0 aliphatic heterocycles. The predicted octanol–water partition coefficient (Wildman–Crippen LogP) is 4.55. The molecule has 2 rings (SSSR count). The fourth-order valence-corrected chi connectivity index (χ4v) is 3.31. The molecule has 0 bridgehead atoms. The number of hydrogen-bond donors (Lipinski definition) is 1. The summed E-state index contributed by atoms with van der Waals surface area (Å²) in [5.41, 5.74) is 0.935. The molecule has 0 amide bonds. The average molecular weight is 375 g/mol. The Morgan fingerprint density at radius 3 is 2.90 bits per heavy atom. The zero-order valence-electron chi connectivity index (χ0n) is 11.5. The molecule has 20 heavy (non-hydrogen) atoms. The lowest BCUT2D eigenvalue weighted by Gasteiger charge is -2.05. The Labute approximate surface area is 136 Å². The van der Waals surface area contributed by atoms with Gasteiger partial charge in [-0.1, -0.05) is 48.9 Å². The van der Waals surface area contributed by atoms with E-state index in [4.69, 9.17) is 11.6 Å². The molecule has 2 aromatic rings. The van der Waals surface area contributed by atoms with E-state index in [0.717, 1.165) is 39.4 Å². The predicted molar refractivity (Wildman–Crippen MR) is 89.5 cm³/mol. The van der Waals surface area contributed by atoms with Crippen LogP contribution < -0.4 is 5.32 Å². The van der Waals surface area contributed by atoms with Crippen LogP contribution >= 0.6 is 38.9 Å². The number of rotatable bonds is 6. The molecule has 0 unspecified atom stereocenters. The Morgan fingerprint density at radius 1 is 1.35 bits per heavy atom. The summed E-state index contributed by atoms with van der Waals surface area (Å²) in [5.74, 6) is 0. The Bertz CT molecular complexity index is 571. The highest BCUT2D eigenvalue weighted by Crippen LogP contribution is 2.35. The van der Waals surface area contributed by atoms with E-state index >= 15 is 0 Å². The van der Waals surface area contributed by atoms with Gasteiger partial charge < -0.3 is 5.32 Å². The van der Waals surface area contributed by atoms with Crippen LogP contribution in [0.5, 0.6) is 0 Å². The minimum Gasteiger partial charge on any atom is -0.315 e. The Balaban J connectivity index is 2.00. The van der Waals surface area contributed by atoms with E-state index < -0.39 is 0 Å². The van der Waals surface area contributed by atoms with Crippen molar-refractivity contribution >= 4 is 38.9 Å². The van der Waals surface area contributed by atoms with Crippen LogP contribution in [0, 0.1) is 0 Å². The van der Waals surface area contributed by atoms with Crippen molar-refractivity contribution in [2.45, 2.75) is 32.7 Å². The van der Waals surface area contributed by atoms with E-state index in [-0.39, 0.29) is 0 Å². The molecule has 1 aromatic carbocycles. The van der Waals surface area contributed by atoms with E-state index in [9.17, 15) is 0 Å². The number of hydrogen-bond acceptors (Lipinski definition) is 4. The van der Waals surface area contributed by atoms with Crippen molar-refractivity contribution in [2.24, 2.45) is 0 Å². The molecule has 0 fully saturated rings. The van der Waals surface area contributed by atoms with E-state index in [1.54, 1.807) is 11.3 Å². The monoisotopic (exact) mass is 373 g/mol. The number of nitrogens with zero attached hydrogens (tertiary/aromatic N) is 2. The second kappa shape index (κ2) is 7.50. The third-order valence-corrected chi connectivity index (χ3v) is 5.08. The first kappa shape index (κ1) is 15.9. The largest absolute Gasteiger partial charge is 0.315 e. The maximum absolute atomic E-state index is 6.28. The Hall–Kier alpha value is -0.490. The Morgan fingerprint density at radius 2 is 2.15 bits per heavy atom. The van der Waals surface area contributed by atoms with Crippen LogP contribution in [0.1, 0.15) is 25.3 Å². The van der Waals surface area contributed by atoms with Crippen molar-refractivity contribution in [1.82, 2.24) is 15.5 Å². The minimum absolute atomic E-state index is 0.528. The molecule has 1 heterocycles. The van der Waals surface area contributed by atoms with Gasteiger partial charge in [-0.05, 0) is 35.0 Å². The third kappa shape index (κ3) is 4.25. The smallest absolute Gasteiger partial charge is 0.149 e. The highest BCUT2D eigenvalue weighted by molar-refractivity contribution is 9.10. The maximum atomic E-state index is 6.28. The maximum Gasteiger partial charge on any atom is 0.149 e. The first-order chi connectivity index (χ1) is 9.58. The zero-order valence-corrected chi connectivity index (χ0v) is 14.6. The summed E-state index contributed by atoms with van der Waals surface area (Å²) in [6.07, 6.45) is 2.02. The summed E-state index contributed by atoms with van der Waals surface area (Å²) in [4.78, 5) is 0. The van der Waals surface area contributed by atoms with Gasteiger partial charge in [-0.3, -0.25) is 0 Å². The van der Waals surface area contributed by atoms with Crippen LogP contribution in [0.2, 0.25) is 5.02 Å². The van der Waals surface area contributed by atoms with Crippen molar-refractivity contribution < 1.29 is 0 Å². The van der Waals surface area contributed by atoms with Crippen LogP contribution in [0.3, 0.4) is 0 Å². The van der Waals surface area contributed by atoms with Crippen molar-refractivity contribution in [2.75, 3.05) is 6.54 Å². The van der Waals surface area contributed by atoms with Crippen LogP contribution in [0.15, 0.2) is 22.7 Å². The van der Waals surface area contributed by atoms with E-state index in [1.165, 1.54) is 0 Å². The van der Waals surface area contributed by atoms with Crippen LogP contribution in [0.25, 0.3) is 10.6 Å². The first-order valence-electron chi connectivity index (χ1n) is 6.58. The average Bonchev–Trinajstić information content (AvgIpc) is 2.86. The zero-order chi connectivity index (χ0) is 14.5. The lowest BCUT2D eigenvalue weighted by atomic mass is 10.2. The summed E-state index contributed by atoms with van der Waals surface area (Å²) >= 11 is 11.3. The molecule has 0 saturated heterocycles. The van der Waals surface area contributed by atoms with Crippen LogP contribution in [-0.2, 0) is 6.42 Å². The molecule has 0 saturated carbocycles. The van der Waals surface area contributed by atoms with Crippen molar-refractivity contribution in [3.63, 3.8) is 0 Å². The van der Waals surface area contributed by atoms with Crippen LogP contribution in [0.4, 0.5) is 0 Å². The fourth-order valence-electron chi connectivity index (χ4n) is 1.76. The second-order valence-electron chi connectivity index (χ2n) is 4.81. The molecule has 0 aliphatic rings. The summed E-state index contributed by atoms with van der Waals surface area (Å²) in [6, 6.07) is 6.38. The molecule has 6 heteroatoms. The van der Waals surface area contributed by atoms with Gasteiger partial charge in [0.25, 0.3) is 0 Å². The number of nitrogens with one attached hydrogen (secondary N) is 1. The van der Waals surface area contributed by atoms with Gasteiger partial charge in [-0.25, -0.2) is 0 Å². The molecular weight excluding hydrogens is 358 g/mol. The molecule has 1 aromatic heterocycles. The van der Waals surface area contributed by atoms with Gasteiger partial charge in [0.1, 0.15) is 10.0 Å². The lowest BCUT2D eigenvalue weighted by Crippen LogP contribution is -2.23. The number of aryl methyl sites for hydroxylation is 1. The van der Waals surface area contributed by atoms with Crippen LogP contribution in [-0.4, -0.2) is 22.8 Å². The fraction of sp³-hybridized carbons (Fsp3) is 0.429. The lowest BCUT2D eigenvalue weighted by molar-refractivity contribution is 0.569. The first-order valence-corrected chi connectivity index (χ1v) is 8.57. The molecule has 0 spiro atoms. The van der Waals surface area contributed by atoms with Gasteiger partial charge in [-0.2, -0.15) is 0 Å². The molecule has 0 aliphatic carbocycles. The molecule has 0 radical (unpaired) electrons. The van der Waals surface area contributed by atoms with Crippen molar-refractivity contribution in [3.8, 4) is 10.6 Å². The highest BCUT2D eigenvalue weighted by atomic mass is 79.9. The SMILES string of the molecule is CC(C)NCCCc1nnc(-c2cccc(Br)c2Cl)s1. The number of benzene rings is 1. The van der Waals surface area contributed by atoms with Gasteiger partial charge in [0, 0.05) is 22.5 Å². The number of aromatic nitrogens is 2. The van der Waals surface area contributed by atoms with Gasteiger partial charge in [0.2, 0.25) is 0 Å². The molecule has 3 nitrogen and oxygen atoms in total. The van der Waals surface area contributed by atoms with E-state index in [2.05, 4.69) is 45.3 Å². The summed E-state index contributed by atoms with van der Waals surface area (Å²) in [6.45, 7) is 5.31. The van der Waals surface area contributed by atoms with Crippen molar-refractivity contribution in [3.05, 3.63) is 32.7 Å². The van der Waals surface area contributed by atoms with Gasteiger partial charge in [-0.15, -0.1) is 10.2 Å². The van der Waals surface area contributed by atoms with Gasteiger partial charge >= 0.3 is 0 Å². The normalized spacial score (nSPS) is 11.2. The third-order valence-electron chi connectivity index (χ3n) is 2.77. The van der Waals surface area contributed by atoms with Gasteiger partial charge in [0.15, 0.2) is 0 Å². The topological polar surface area (TPSA) is 37.8 Å². The Kier molecular flexibility index (Phi) is 5.96. The summed E-state index contributed by atoms with van der Waals surface area (Å²) in [5, 5.41) is 14.5. The molecule has 108 valence electrons. The van der Waals surface area contributed by atoms with E-state index in [1.807, 2.05) is 18.2 Å². The molecule has 0 atom stereocenters. The van der Waals surface area contributed by atoms with E-state index in [0.29, 0.717) is 11.1 Å². The van der Waals surface area contributed by atoms with Gasteiger partial charge in [0.05, 0.1) is 5.02 Å². The molecule has 1 N–H and O–H groups in total. The second-order valence-corrected chi connectivity index (χ2v) is 7.11. The highest BCUT2D eigenvalue weighted by Gasteiger charge is 2.11.